The maximum absolute atomic E-state index is 12.3. The fraction of sp³-hybridized carbons (Fsp3) is 0.357. The minimum absolute atomic E-state index is 0.0633. The molecular formula is C14H17N3O3S. The van der Waals surface area contributed by atoms with Crippen molar-refractivity contribution in [1.29, 1.82) is 0 Å². The van der Waals surface area contributed by atoms with E-state index in [9.17, 15) is 14.4 Å². The first-order chi connectivity index (χ1) is 10.0. The molecule has 2 heterocycles. The van der Waals surface area contributed by atoms with Crippen LogP contribution in [0, 0.1) is 0 Å². The topological polar surface area (TPSA) is 64.3 Å². The molecule has 0 N–H and O–H groups in total. The second-order valence-corrected chi connectivity index (χ2v) is 5.64. The Balaban J connectivity index is 2.14. The van der Waals surface area contributed by atoms with Crippen molar-refractivity contribution in [3.05, 3.63) is 55.5 Å². The molecule has 21 heavy (non-hydrogen) atoms. The van der Waals surface area contributed by atoms with Gasteiger partial charge in [0, 0.05) is 30.7 Å². The Labute approximate surface area is 125 Å². The monoisotopic (exact) mass is 307 g/mol. The summed E-state index contributed by atoms with van der Waals surface area (Å²) in [6.45, 7) is 2.94. The quantitative estimate of drug-likeness (QED) is 0.815. The molecule has 0 bridgehead atoms. The van der Waals surface area contributed by atoms with Crippen molar-refractivity contribution in [3.8, 4) is 0 Å². The molecule has 2 rings (SSSR count). The van der Waals surface area contributed by atoms with E-state index in [2.05, 4.69) is 0 Å². The van der Waals surface area contributed by atoms with Crippen molar-refractivity contribution in [2.75, 3.05) is 6.54 Å². The molecule has 0 aliphatic carbocycles. The van der Waals surface area contributed by atoms with Gasteiger partial charge in [0.05, 0.1) is 6.54 Å². The van der Waals surface area contributed by atoms with Crippen molar-refractivity contribution in [2.24, 2.45) is 7.05 Å². The van der Waals surface area contributed by atoms with Crippen LogP contribution in [0.5, 0.6) is 0 Å². The largest absolute Gasteiger partial charge is 0.336 e. The van der Waals surface area contributed by atoms with E-state index >= 15 is 0 Å². The average Bonchev–Trinajstić information content (AvgIpc) is 2.98. The predicted octanol–water partition coefficient (Wildman–Crippen LogP) is 0.657. The number of carbonyl (C=O) groups excluding carboxylic acids is 1. The van der Waals surface area contributed by atoms with Gasteiger partial charge in [0.1, 0.15) is 6.54 Å². The number of carbonyl (C=O) groups is 1. The zero-order chi connectivity index (χ0) is 15.4. The highest BCUT2D eigenvalue weighted by molar-refractivity contribution is 7.09. The molecule has 112 valence electrons. The molecule has 0 aliphatic heterocycles. The van der Waals surface area contributed by atoms with Crippen LogP contribution in [0.4, 0.5) is 0 Å². The lowest BCUT2D eigenvalue weighted by molar-refractivity contribution is -0.132. The fourth-order valence-corrected chi connectivity index (χ4v) is 2.67. The number of likely N-dealkylation sites (N-methyl/N-ethyl adjacent to an activating group) is 1. The maximum Gasteiger partial charge on any atom is 0.331 e. The third-order valence-electron chi connectivity index (χ3n) is 3.23. The average molecular weight is 307 g/mol. The number of amides is 1. The SMILES string of the molecule is CCN(Cc1cccs1)C(=O)Cn1ccc(=O)n(C)c1=O. The van der Waals surface area contributed by atoms with Crippen LogP contribution in [0.25, 0.3) is 0 Å². The van der Waals surface area contributed by atoms with E-state index in [1.165, 1.54) is 23.9 Å². The van der Waals surface area contributed by atoms with Gasteiger partial charge in [0.15, 0.2) is 0 Å². The molecular weight excluding hydrogens is 290 g/mol. The second-order valence-electron chi connectivity index (χ2n) is 4.61. The van der Waals surface area contributed by atoms with Gasteiger partial charge in [-0.05, 0) is 18.4 Å². The molecule has 0 fully saturated rings. The molecule has 0 unspecified atom stereocenters. The smallest absolute Gasteiger partial charge is 0.331 e. The molecule has 7 heteroatoms. The Bertz CT molecular complexity index is 731. The van der Waals surface area contributed by atoms with Crippen LogP contribution in [0.15, 0.2) is 39.4 Å². The molecule has 6 nitrogen and oxygen atoms in total. The summed E-state index contributed by atoms with van der Waals surface area (Å²) in [6, 6.07) is 5.19. The Morgan fingerprint density at radius 3 is 2.71 bits per heavy atom. The zero-order valence-corrected chi connectivity index (χ0v) is 12.8. The van der Waals surface area contributed by atoms with Gasteiger partial charge in [-0.1, -0.05) is 6.07 Å². The molecule has 0 spiro atoms. The Morgan fingerprint density at radius 1 is 1.33 bits per heavy atom. The van der Waals surface area contributed by atoms with Crippen LogP contribution >= 0.6 is 11.3 Å². The van der Waals surface area contributed by atoms with Crippen LogP contribution in [0.2, 0.25) is 0 Å². The first-order valence-electron chi connectivity index (χ1n) is 6.59. The first-order valence-corrected chi connectivity index (χ1v) is 7.47. The van der Waals surface area contributed by atoms with E-state index in [1.807, 2.05) is 24.4 Å². The Hall–Kier alpha value is -2.15. The lowest BCUT2D eigenvalue weighted by atomic mass is 10.4. The standard InChI is InChI=1S/C14H17N3O3S/c1-3-16(9-11-5-4-8-21-11)13(19)10-17-7-6-12(18)15(2)14(17)20/h4-8H,3,9-10H2,1-2H3. The normalized spacial score (nSPS) is 10.6. The fourth-order valence-electron chi connectivity index (χ4n) is 1.95. The number of aromatic nitrogens is 2. The maximum atomic E-state index is 12.3. The number of rotatable bonds is 5. The van der Waals surface area contributed by atoms with Gasteiger partial charge >= 0.3 is 5.69 Å². The van der Waals surface area contributed by atoms with Crippen LogP contribution < -0.4 is 11.2 Å². The first kappa shape index (κ1) is 15.2. The van der Waals surface area contributed by atoms with Crippen LogP contribution in [-0.2, 0) is 24.9 Å². The number of thiophene rings is 1. The van der Waals surface area contributed by atoms with Crippen LogP contribution in [0.3, 0.4) is 0 Å². The van der Waals surface area contributed by atoms with Gasteiger partial charge in [-0.15, -0.1) is 11.3 Å². The number of hydrogen-bond acceptors (Lipinski definition) is 4. The van der Waals surface area contributed by atoms with E-state index in [0.29, 0.717) is 13.1 Å². The highest BCUT2D eigenvalue weighted by Crippen LogP contribution is 2.11. The van der Waals surface area contributed by atoms with E-state index in [0.717, 1.165) is 9.44 Å². The van der Waals surface area contributed by atoms with Gasteiger partial charge in [-0.25, -0.2) is 4.79 Å². The van der Waals surface area contributed by atoms with Crippen molar-refractivity contribution in [2.45, 2.75) is 20.0 Å². The summed E-state index contributed by atoms with van der Waals surface area (Å²) in [5.74, 6) is -0.147. The highest BCUT2D eigenvalue weighted by atomic mass is 32.1. The summed E-state index contributed by atoms with van der Waals surface area (Å²) in [5.41, 5.74) is -0.863. The van der Waals surface area contributed by atoms with E-state index in [-0.39, 0.29) is 18.0 Å². The van der Waals surface area contributed by atoms with E-state index in [1.54, 1.807) is 16.2 Å². The molecule has 0 radical (unpaired) electrons. The molecule has 0 atom stereocenters. The van der Waals surface area contributed by atoms with Crippen molar-refractivity contribution < 1.29 is 4.79 Å². The van der Waals surface area contributed by atoms with Crippen LogP contribution in [0.1, 0.15) is 11.8 Å². The van der Waals surface area contributed by atoms with Gasteiger partial charge in [-0.2, -0.15) is 0 Å². The molecule has 0 saturated carbocycles. The molecule has 0 aromatic carbocycles. The van der Waals surface area contributed by atoms with Crippen molar-refractivity contribution >= 4 is 17.2 Å². The van der Waals surface area contributed by atoms with Gasteiger partial charge < -0.3 is 4.90 Å². The lowest BCUT2D eigenvalue weighted by Gasteiger charge is -2.20. The van der Waals surface area contributed by atoms with Crippen molar-refractivity contribution in [1.82, 2.24) is 14.0 Å². The summed E-state index contributed by atoms with van der Waals surface area (Å²) in [4.78, 5) is 38.3. The minimum Gasteiger partial charge on any atom is -0.336 e. The summed E-state index contributed by atoms with van der Waals surface area (Å²) >= 11 is 1.59. The molecule has 2 aromatic rings. The third-order valence-corrected chi connectivity index (χ3v) is 4.09. The molecule has 1 amide bonds. The van der Waals surface area contributed by atoms with E-state index < -0.39 is 5.69 Å². The Kier molecular flexibility index (Phi) is 4.74. The summed E-state index contributed by atoms with van der Waals surface area (Å²) in [7, 11) is 1.40. The summed E-state index contributed by atoms with van der Waals surface area (Å²) in [5, 5.41) is 1.96. The van der Waals surface area contributed by atoms with Crippen molar-refractivity contribution in [3.63, 3.8) is 0 Å². The molecule has 0 aliphatic rings. The van der Waals surface area contributed by atoms with Gasteiger partial charge in [0.25, 0.3) is 5.56 Å². The molecule has 0 saturated heterocycles. The van der Waals surface area contributed by atoms with Crippen LogP contribution in [-0.4, -0.2) is 26.5 Å². The summed E-state index contributed by atoms with van der Waals surface area (Å²) in [6.07, 6.45) is 1.36. The van der Waals surface area contributed by atoms with Gasteiger partial charge in [-0.3, -0.25) is 18.7 Å². The number of nitrogens with zero attached hydrogens (tertiary/aromatic N) is 3. The summed E-state index contributed by atoms with van der Waals surface area (Å²) < 4.78 is 2.24. The zero-order valence-electron chi connectivity index (χ0n) is 12.0. The predicted molar refractivity (Wildman–Crippen MR) is 81.4 cm³/mol. The van der Waals surface area contributed by atoms with E-state index in [4.69, 9.17) is 0 Å². The Morgan fingerprint density at radius 2 is 2.10 bits per heavy atom. The highest BCUT2D eigenvalue weighted by Gasteiger charge is 2.14. The third kappa shape index (κ3) is 3.49. The van der Waals surface area contributed by atoms with Gasteiger partial charge in [0.2, 0.25) is 5.91 Å². The molecule has 2 aromatic heterocycles. The number of hydrogen-bond donors (Lipinski definition) is 0. The lowest BCUT2D eigenvalue weighted by Crippen LogP contribution is -2.41. The minimum atomic E-state index is -0.483. The second kappa shape index (κ2) is 6.53.